The molecule has 21 heavy (non-hydrogen) atoms. The number of rotatable bonds is 5. The van der Waals surface area contributed by atoms with Crippen LogP contribution < -0.4 is 5.32 Å². The van der Waals surface area contributed by atoms with Crippen molar-refractivity contribution in [1.82, 2.24) is 5.32 Å². The number of nitrogens with one attached hydrogen (secondary N) is 1. The first-order valence-corrected chi connectivity index (χ1v) is 7.70. The number of carbonyl (C=O) groups excluding carboxylic acids is 2. The Labute approximate surface area is 125 Å². The molecule has 1 unspecified atom stereocenters. The number of benzene rings is 1. The maximum atomic E-state index is 12.0. The van der Waals surface area contributed by atoms with Crippen LogP contribution in [0.25, 0.3) is 0 Å². The zero-order chi connectivity index (χ0) is 15.1. The van der Waals surface area contributed by atoms with Crippen LogP contribution in [0.4, 0.5) is 0 Å². The average molecular weight is 289 g/mol. The zero-order valence-electron chi connectivity index (χ0n) is 12.5. The molecule has 1 atom stereocenters. The van der Waals surface area contributed by atoms with Gasteiger partial charge in [-0.25, -0.2) is 0 Å². The zero-order valence-corrected chi connectivity index (χ0v) is 12.5. The van der Waals surface area contributed by atoms with Gasteiger partial charge in [-0.1, -0.05) is 24.6 Å². The van der Waals surface area contributed by atoms with Crippen molar-refractivity contribution in [2.24, 2.45) is 0 Å². The molecule has 0 saturated heterocycles. The fourth-order valence-corrected chi connectivity index (χ4v) is 2.61. The van der Waals surface area contributed by atoms with Gasteiger partial charge in [-0.05, 0) is 44.7 Å². The summed E-state index contributed by atoms with van der Waals surface area (Å²) in [7, 11) is 0. The molecule has 2 rings (SSSR count). The van der Waals surface area contributed by atoms with E-state index in [9.17, 15) is 9.59 Å². The molecular weight excluding hydrogens is 266 g/mol. The molecule has 1 N–H and O–H groups in total. The second-order valence-electron chi connectivity index (χ2n) is 5.69. The molecule has 1 amide bonds. The molecule has 0 spiro atoms. The number of amides is 1. The van der Waals surface area contributed by atoms with Crippen LogP contribution >= 0.6 is 0 Å². The summed E-state index contributed by atoms with van der Waals surface area (Å²) in [5, 5.41) is 2.82. The van der Waals surface area contributed by atoms with Gasteiger partial charge in [0, 0.05) is 11.6 Å². The van der Waals surface area contributed by atoms with Crippen molar-refractivity contribution in [2.45, 2.75) is 57.6 Å². The first-order valence-electron chi connectivity index (χ1n) is 7.70. The summed E-state index contributed by atoms with van der Waals surface area (Å²) >= 11 is 0. The molecule has 1 aliphatic carbocycles. The minimum Gasteiger partial charge on any atom is -0.462 e. The smallest absolute Gasteiger partial charge is 0.308 e. The number of carbonyl (C=O) groups is 2. The van der Waals surface area contributed by atoms with Crippen molar-refractivity contribution in [1.29, 1.82) is 0 Å². The van der Waals surface area contributed by atoms with E-state index in [2.05, 4.69) is 5.32 Å². The van der Waals surface area contributed by atoms with Crippen LogP contribution in [0.5, 0.6) is 0 Å². The lowest BCUT2D eigenvalue weighted by molar-refractivity contribution is -0.150. The second-order valence-corrected chi connectivity index (χ2v) is 5.69. The highest BCUT2D eigenvalue weighted by Gasteiger charge is 2.20. The van der Waals surface area contributed by atoms with Crippen LogP contribution in [0.2, 0.25) is 0 Å². The largest absolute Gasteiger partial charge is 0.462 e. The number of esters is 1. The third-order valence-electron chi connectivity index (χ3n) is 3.74. The van der Waals surface area contributed by atoms with E-state index in [0.717, 1.165) is 25.7 Å². The molecule has 4 heteroatoms. The van der Waals surface area contributed by atoms with Gasteiger partial charge in [0.05, 0.1) is 6.42 Å². The van der Waals surface area contributed by atoms with Gasteiger partial charge in [-0.3, -0.25) is 9.59 Å². The molecule has 1 aromatic rings. The van der Waals surface area contributed by atoms with Crippen LogP contribution in [-0.2, 0) is 9.53 Å². The van der Waals surface area contributed by atoms with Gasteiger partial charge in [-0.15, -0.1) is 0 Å². The highest BCUT2D eigenvalue weighted by atomic mass is 16.5. The predicted molar refractivity (Wildman–Crippen MR) is 81.0 cm³/mol. The van der Waals surface area contributed by atoms with E-state index in [1.807, 2.05) is 25.1 Å². The van der Waals surface area contributed by atoms with E-state index in [4.69, 9.17) is 4.74 Å². The van der Waals surface area contributed by atoms with Crippen LogP contribution in [0.1, 0.15) is 55.8 Å². The molecular formula is C17H23NO3. The van der Waals surface area contributed by atoms with Gasteiger partial charge in [0.25, 0.3) is 5.91 Å². The predicted octanol–water partition coefficient (Wildman–Crippen LogP) is 3.07. The molecule has 1 aliphatic rings. The molecule has 0 heterocycles. The molecule has 1 fully saturated rings. The number of ether oxygens (including phenoxy) is 1. The van der Waals surface area contributed by atoms with E-state index < -0.39 is 0 Å². The summed E-state index contributed by atoms with van der Waals surface area (Å²) in [5.41, 5.74) is 0.602. The van der Waals surface area contributed by atoms with E-state index in [1.54, 1.807) is 12.1 Å². The second kappa shape index (κ2) is 7.81. The summed E-state index contributed by atoms with van der Waals surface area (Å²) in [5.74, 6) is -0.378. The van der Waals surface area contributed by atoms with Gasteiger partial charge < -0.3 is 10.1 Å². The summed E-state index contributed by atoms with van der Waals surface area (Å²) in [6.07, 6.45) is 5.74. The van der Waals surface area contributed by atoms with E-state index >= 15 is 0 Å². The highest BCUT2D eigenvalue weighted by molar-refractivity contribution is 5.94. The topological polar surface area (TPSA) is 55.4 Å². The fourth-order valence-electron chi connectivity index (χ4n) is 2.61. The van der Waals surface area contributed by atoms with Gasteiger partial charge >= 0.3 is 5.97 Å². The van der Waals surface area contributed by atoms with Gasteiger partial charge in [0.15, 0.2) is 0 Å². The van der Waals surface area contributed by atoms with Crippen molar-refractivity contribution in [2.75, 3.05) is 0 Å². The monoisotopic (exact) mass is 289 g/mol. The molecule has 4 nitrogen and oxygen atoms in total. The fraction of sp³-hybridized carbons (Fsp3) is 0.529. The Balaban J connectivity index is 1.74. The third-order valence-corrected chi connectivity index (χ3v) is 3.74. The molecule has 0 bridgehead atoms. The quantitative estimate of drug-likeness (QED) is 0.848. The summed E-state index contributed by atoms with van der Waals surface area (Å²) in [6, 6.07) is 8.77. The Hall–Kier alpha value is -1.84. The van der Waals surface area contributed by atoms with E-state index in [1.165, 1.54) is 6.42 Å². The Kier molecular flexibility index (Phi) is 5.78. The van der Waals surface area contributed by atoms with Gasteiger partial charge in [0.1, 0.15) is 6.10 Å². The Bertz CT molecular complexity index is 466. The van der Waals surface area contributed by atoms with Crippen molar-refractivity contribution in [3.8, 4) is 0 Å². The average Bonchev–Trinajstić information content (AvgIpc) is 2.48. The third kappa shape index (κ3) is 5.21. The summed E-state index contributed by atoms with van der Waals surface area (Å²) in [4.78, 5) is 23.8. The number of hydrogen-bond acceptors (Lipinski definition) is 3. The summed E-state index contributed by atoms with van der Waals surface area (Å²) < 4.78 is 5.46. The van der Waals surface area contributed by atoms with Crippen LogP contribution in [0, 0.1) is 0 Å². The minimum absolute atomic E-state index is 0.0725. The van der Waals surface area contributed by atoms with Crippen molar-refractivity contribution in [3.05, 3.63) is 35.9 Å². The van der Waals surface area contributed by atoms with Crippen LogP contribution in [0.15, 0.2) is 30.3 Å². The Morgan fingerprint density at radius 3 is 2.52 bits per heavy atom. The van der Waals surface area contributed by atoms with Crippen molar-refractivity contribution < 1.29 is 14.3 Å². The number of hydrogen-bond donors (Lipinski definition) is 1. The lowest BCUT2D eigenvalue weighted by Gasteiger charge is -2.22. The lowest BCUT2D eigenvalue weighted by Crippen LogP contribution is -2.35. The van der Waals surface area contributed by atoms with Gasteiger partial charge in [-0.2, -0.15) is 0 Å². The SMILES string of the molecule is CC(CC(=O)OC1CCCCC1)NC(=O)c1ccccc1. The summed E-state index contributed by atoms with van der Waals surface area (Å²) in [6.45, 7) is 1.82. The van der Waals surface area contributed by atoms with Crippen molar-refractivity contribution >= 4 is 11.9 Å². The van der Waals surface area contributed by atoms with Gasteiger partial charge in [0.2, 0.25) is 0 Å². The molecule has 0 aromatic heterocycles. The van der Waals surface area contributed by atoms with E-state index in [0.29, 0.717) is 5.56 Å². The normalized spacial score (nSPS) is 17.0. The maximum absolute atomic E-state index is 12.0. The molecule has 1 aromatic carbocycles. The molecule has 1 saturated carbocycles. The Morgan fingerprint density at radius 2 is 1.86 bits per heavy atom. The first-order chi connectivity index (χ1) is 10.1. The maximum Gasteiger partial charge on any atom is 0.308 e. The minimum atomic E-state index is -0.228. The Morgan fingerprint density at radius 1 is 1.19 bits per heavy atom. The van der Waals surface area contributed by atoms with Crippen molar-refractivity contribution in [3.63, 3.8) is 0 Å². The van der Waals surface area contributed by atoms with E-state index in [-0.39, 0.29) is 30.4 Å². The van der Waals surface area contributed by atoms with Crippen LogP contribution in [0.3, 0.4) is 0 Å². The first kappa shape index (κ1) is 15.5. The highest BCUT2D eigenvalue weighted by Crippen LogP contribution is 2.20. The van der Waals surface area contributed by atoms with Crippen LogP contribution in [-0.4, -0.2) is 24.0 Å². The molecule has 114 valence electrons. The standard InChI is InChI=1S/C17H23NO3/c1-13(18-17(20)14-8-4-2-5-9-14)12-16(19)21-15-10-6-3-7-11-15/h2,4-5,8-9,13,15H,3,6-7,10-12H2,1H3,(H,18,20). The lowest BCUT2D eigenvalue weighted by atomic mass is 9.98. The molecule has 0 aliphatic heterocycles. The molecule has 0 radical (unpaired) electrons.